The Morgan fingerprint density at radius 1 is 1.11 bits per heavy atom. The third kappa shape index (κ3) is 4.77. The van der Waals surface area contributed by atoms with Crippen molar-refractivity contribution in [1.82, 2.24) is 20.1 Å². The second-order valence-electron chi connectivity index (χ2n) is 11.1. The SMILES string of the molecule is CC(C)OC(=O)N1C[C@H](C)N(c2nc3c(C(=O)NC4CC5CCCC(C4)N5C)cccc3o2)[C@@H](C)C1. The summed E-state index contributed by atoms with van der Waals surface area (Å²) in [5.74, 6) is -0.0876. The van der Waals surface area contributed by atoms with E-state index in [1.165, 1.54) is 19.3 Å². The summed E-state index contributed by atoms with van der Waals surface area (Å²) < 4.78 is 11.5. The van der Waals surface area contributed by atoms with Gasteiger partial charge in [0.25, 0.3) is 11.9 Å². The molecule has 3 aliphatic rings. The number of nitrogens with one attached hydrogen (secondary N) is 1. The van der Waals surface area contributed by atoms with Crippen LogP contribution < -0.4 is 10.2 Å². The number of benzene rings is 1. The highest BCUT2D eigenvalue weighted by Crippen LogP contribution is 2.33. The summed E-state index contributed by atoms with van der Waals surface area (Å²) in [5, 5.41) is 3.30. The molecule has 1 N–H and O–H groups in total. The molecule has 1 aromatic carbocycles. The molecule has 3 aliphatic heterocycles. The van der Waals surface area contributed by atoms with E-state index >= 15 is 0 Å². The summed E-state index contributed by atoms with van der Waals surface area (Å²) in [5.41, 5.74) is 1.73. The smallest absolute Gasteiger partial charge is 0.410 e. The molecule has 0 aliphatic carbocycles. The van der Waals surface area contributed by atoms with Gasteiger partial charge in [-0.15, -0.1) is 0 Å². The highest BCUT2D eigenvalue weighted by atomic mass is 16.6. The molecule has 5 rings (SSSR count). The van der Waals surface area contributed by atoms with Gasteiger partial charge in [0, 0.05) is 43.3 Å². The number of aromatic nitrogens is 1. The minimum atomic E-state index is -0.294. The number of nitrogens with zero attached hydrogens (tertiary/aromatic N) is 4. The molecule has 9 nitrogen and oxygen atoms in total. The molecule has 196 valence electrons. The molecule has 9 heteroatoms. The average molecular weight is 498 g/mol. The molecule has 3 saturated heterocycles. The van der Waals surface area contributed by atoms with Crippen LogP contribution in [0.5, 0.6) is 0 Å². The number of hydrogen-bond donors (Lipinski definition) is 1. The van der Waals surface area contributed by atoms with Crippen molar-refractivity contribution in [1.29, 1.82) is 0 Å². The van der Waals surface area contributed by atoms with Crippen molar-refractivity contribution < 1.29 is 18.7 Å². The summed E-state index contributed by atoms with van der Waals surface area (Å²) in [6.07, 6.45) is 5.25. The summed E-state index contributed by atoms with van der Waals surface area (Å²) in [7, 11) is 2.22. The number of anilines is 1. The van der Waals surface area contributed by atoms with Crippen molar-refractivity contribution >= 4 is 29.1 Å². The zero-order chi connectivity index (χ0) is 25.6. The van der Waals surface area contributed by atoms with Gasteiger partial charge in [0.2, 0.25) is 0 Å². The molecule has 0 radical (unpaired) electrons. The predicted octanol–water partition coefficient (Wildman–Crippen LogP) is 4.02. The van der Waals surface area contributed by atoms with Gasteiger partial charge in [-0.1, -0.05) is 12.5 Å². The lowest BCUT2D eigenvalue weighted by Gasteiger charge is -2.47. The molecule has 3 fully saturated rings. The fraction of sp³-hybridized carbons (Fsp3) is 0.667. The maximum absolute atomic E-state index is 13.4. The zero-order valence-corrected chi connectivity index (χ0v) is 22.1. The summed E-state index contributed by atoms with van der Waals surface area (Å²) in [4.78, 5) is 37.0. The third-order valence-corrected chi connectivity index (χ3v) is 8.06. The van der Waals surface area contributed by atoms with Crippen molar-refractivity contribution in [2.75, 3.05) is 25.0 Å². The standard InChI is InChI=1S/C27H39N5O4/c1-16(2)35-27(34)31-14-17(3)32(18(4)15-31)26-29-24-22(10-7-11-23(24)36-26)25(33)28-19-12-20-8-6-9-21(13-19)30(20)5/h7,10-11,16-21H,6,8-9,12-15H2,1-5H3,(H,28,33)/t17-,18-,19?,20?,21?/m0/s1. The van der Waals surface area contributed by atoms with Crippen molar-refractivity contribution in [2.24, 2.45) is 0 Å². The van der Waals surface area contributed by atoms with Crippen molar-refractivity contribution in [3.8, 4) is 0 Å². The van der Waals surface area contributed by atoms with Crippen LogP contribution in [0.2, 0.25) is 0 Å². The third-order valence-electron chi connectivity index (χ3n) is 8.06. The predicted molar refractivity (Wildman–Crippen MR) is 138 cm³/mol. The maximum Gasteiger partial charge on any atom is 0.410 e. The van der Waals surface area contributed by atoms with Gasteiger partial charge in [-0.2, -0.15) is 4.98 Å². The monoisotopic (exact) mass is 497 g/mol. The van der Waals surface area contributed by atoms with E-state index in [4.69, 9.17) is 14.1 Å². The Balaban J connectivity index is 1.32. The molecule has 0 spiro atoms. The van der Waals surface area contributed by atoms with Gasteiger partial charge in [0.1, 0.15) is 5.52 Å². The van der Waals surface area contributed by atoms with Gasteiger partial charge < -0.3 is 29.2 Å². The van der Waals surface area contributed by atoms with Crippen molar-refractivity contribution in [2.45, 2.75) is 96.1 Å². The van der Waals surface area contributed by atoms with Crippen LogP contribution in [0.15, 0.2) is 22.6 Å². The lowest BCUT2D eigenvalue weighted by Crippen LogP contribution is -2.58. The number of rotatable bonds is 4. The largest absolute Gasteiger partial charge is 0.447 e. The molecule has 1 aromatic heterocycles. The van der Waals surface area contributed by atoms with E-state index in [1.54, 1.807) is 4.90 Å². The number of para-hydroxylation sites is 1. The molecule has 2 bridgehead atoms. The van der Waals surface area contributed by atoms with Crippen LogP contribution in [0.1, 0.15) is 70.2 Å². The number of carbonyl (C=O) groups excluding carboxylic acids is 2. The van der Waals surface area contributed by atoms with Crippen LogP contribution in [0.4, 0.5) is 10.8 Å². The summed E-state index contributed by atoms with van der Waals surface area (Å²) in [6, 6.07) is 7.27. The molecule has 2 amide bonds. The van der Waals surface area contributed by atoms with E-state index in [0.29, 0.717) is 47.9 Å². The minimum absolute atomic E-state index is 0.0163. The second kappa shape index (κ2) is 9.92. The number of piperidine rings is 2. The Hall–Kier alpha value is -2.81. The van der Waals surface area contributed by atoms with Crippen LogP contribution in [0.25, 0.3) is 11.1 Å². The number of amides is 2. The summed E-state index contributed by atoms with van der Waals surface area (Å²) >= 11 is 0. The van der Waals surface area contributed by atoms with E-state index in [-0.39, 0.29) is 36.2 Å². The summed E-state index contributed by atoms with van der Waals surface area (Å²) in [6.45, 7) is 8.83. The molecular weight excluding hydrogens is 458 g/mol. The highest BCUT2D eigenvalue weighted by Gasteiger charge is 2.38. The van der Waals surface area contributed by atoms with Crippen molar-refractivity contribution in [3.63, 3.8) is 0 Å². The number of oxazole rings is 1. The van der Waals surface area contributed by atoms with Gasteiger partial charge in [-0.25, -0.2) is 4.79 Å². The number of carbonyl (C=O) groups is 2. The molecule has 36 heavy (non-hydrogen) atoms. The van der Waals surface area contributed by atoms with Crippen molar-refractivity contribution in [3.05, 3.63) is 23.8 Å². The number of piperazine rings is 1. The topological polar surface area (TPSA) is 91.1 Å². The molecule has 4 heterocycles. The van der Waals surface area contributed by atoms with E-state index in [2.05, 4.69) is 22.2 Å². The van der Waals surface area contributed by atoms with Gasteiger partial charge in [0.05, 0.1) is 11.7 Å². The Bertz CT molecular complexity index is 1090. The highest BCUT2D eigenvalue weighted by molar-refractivity contribution is 6.04. The molecule has 2 aromatic rings. The number of ether oxygens (including phenoxy) is 1. The second-order valence-corrected chi connectivity index (χ2v) is 11.1. The first-order valence-electron chi connectivity index (χ1n) is 13.4. The quantitative estimate of drug-likeness (QED) is 0.682. The van der Waals surface area contributed by atoms with Crippen LogP contribution >= 0.6 is 0 Å². The lowest BCUT2D eigenvalue weighted by molar-refractivity contribution is 0.0463. The molecule has 4 atom stereocenters. The lowest BCUT2D eigenvalue weighted by atomic mass is 9.82. The van der Waals surface area contributed by atoms with Gasteiger partial charge >= 0.3 is 6.09 Å². The number of fused-ring (bicyclic) bond motifs is 3. The Labute approximate surface area is 213 Å². The average Bonchev–Trinajstić information content (AvgIpc) is 3.22. The molecule has 0 saturated carbocycles. The van der Waals surface area contributed by atoms with E-state index in [0.717, 1.165) is 12.8 Å². The maximum atomic E-state index is 13.4. The fourth-order valence-electron chi connectivity index (χ4n) is 6.35. The van der Waals surface area contributed by atoms with Crippen LogP contribution in [-0.4, -0.2) is 83.2 Å². The Kier molecular flexibility index (Phi) is 6.85. The normalized spacial score (nSPS) is 29.0. The fourth-order valence-corrected chi connectivity index (χ4v) is 6.35. The van der Waals surface area contributed by atoms with Crippen LogP contribution in [0, 0.1) is 0 Å². The van der Waals surface area contributed by atoms with Crippen LogP contribution in [0.3, 0.4) is 0 Å². The van der Waals surface area contributed by atoms with Gasteiger partial charge in [-0.05, 0) is 72.6 Å². The van der Waals surface area contributed by atoms with Gasteiger partial charge in [0.15, 0.2) is 5.58 Å². The van der Waals surface area contributed by atoms with E-state index in [1.807, 2.05) is 45.9 Å². The minimum Gasteiger partial charge on any atom is -0.447 e. The van der Waals surface area contributed by atoms with E-state index in [9.17, 15) is 9.59 Å². The Morgan fingerprint density at radius 2 is 1.78 bits per heavy atom. The first kappa shape index (κ1) is 24.9. The van der Waals surface area contributed by atoms with E-state index < -0.39 is 0 Å². The molecular formula is C27H39N5O4. The van der Waals surface area contributed by atoms with Crippen LogP contribution in [-0.2, 0) is 4.74 Å². The first-order valence-corrected chi connectivity index (χ1v) is 13.4. The Morgan fingerprint density at radius 3 is 2.42 bits per heavy atom. The van der Waals surface area contributed by atoms with Gasteiger partial charge in [-0.3, -0.25) is 4.79 Å². The zero-order valence-electron chi connectivity index (χ0n) is 22.1. The molecule has 2 unspecified atom stereocenters. The number of hydrogen-bond acceptors (Lipinski definition) is 7. The first-order chi connectivity index (χ1) is 17.2.